The molecule has 0 rings (SSSR count). The fourth-order valence-corrected chi connectivity index (χ4v) is 0.873. The molecule has 92 valence electrons. The number of alkyl carbamates (subject to hydrolysis) is 1. The Bertz CT molecular complexity index is 278. The van der Waals surface area contributed by atoms with Crippen LogP contribution in [0.5, 0.6) is 0 Å². The Morgan fingerprint density at radius 1 is 1.44 bits per heavy atom. The predicted molar refractivity (Wildman–Crippen MR) is 60.2 cm³/mol. The Kier molecular flexibility index (Phi) is 5.56. The number of carboxylic acids is 1. The van der Waals surface area contributed by atoms with E-state index in [1.165, 1.54) is 6.08 Å². The van der Waals surface area contributed by atoms with Crippen LogP contribution in [0.25, 0.3) is 0 Å². The van der Waals surface area contributed by atoms with Gasteiger partial charge in [-0.05, 0) is 26.7 Å². The number of amides is 1. The molecule has 0 aliphatic rings. The molecule has 0 saturated carbocycles. The molecule has 0 aromatic heterocycles. The summed E-state index contributed by atoms with van der Waals surface area (Å²) in [4.78, 5) is 21.5. The SMILES string of the molecule is C[C@H](C=CC(=O)O)CNC(=O)OC(C)(C)C. The van der Waals surface area contributed by atoms with E-state index >= 15 is 0 Å². The molecule has 0 radical (unpaired) electrons. The maximum absolute atomic E-state index is 11.2. The van der Waals surface area contributed by atoms with E-state index in [2.05, 4.69) is 5.32 Å². The summed E-state index contributed by atoms with van der Waals surface area (Å²) < 4.78 is 5.02. The molecule has 5 heteroatoms. The van der Waals surface area contributed by atoms with Crippen LogP contribution in [0.15, 0.2) is 12.2 Å². The topological polar surface area (TPSA) is 75.6 Å². The summed E-state index contributed by atoms with van der Waals surface area (Å²) in [6, 6.07) is 0. The van der Waals surface area contributed by atoms with E-state index in [-0.39, 0.29) is 5.92 Å². The molecule has 0 aromatic rings. The van der Waals surface area contributed by atoms with Crippen molar-refractivity contribution in [1.29, 1.82) is 0 Å². The van der Waals surface area contributed by atoms with Gasteiger partial charge in [0.2, 0.25) is 0 Å². The standard InChI is InChI=1S/C11H19NO4/c1-8(5-6-9(13)14)7-12-10(15)16-11(2,3)4/h5-6,8H,7H2,1-4H3,(H,12,15)(H,13,14)/t8-/m1/s1. The molecule has 0 bridgehead atoms. The number of rotatable bonds is 4. The van der Waals surface area contributed by atoms with Crippen LogP contribution in [-0.4, -0.2) is 29.3 Å². The molecular formula is C11H19NO4. The molecule has 0 aromatic carbocycles. The molecule has 16 heavy (non-hydrogen) atoms. The van der Waals surface area contributed by atoms with Crippen molar-refractivity contribution in [3.05, 3.63) is 12.2 Å². The highest BCUT2D eigenvalue weighted by Gasteiger charge is 2.15. The van der Waals surface area contributed by atoms with E-state index in [1.54, 1.807) is 27.7 Å². The van der Waals surface area contributed by atoms with Gasteiger partial charge in [-0.2, -0.15) is 0 Å². The van der Waals surface area contributed by atoms with E-state index in [4.69, 9.17) is 9.84 Å². The minimum absolute atomic E-state index is 0.0522. The molecule has 0 saturated heterocycles. The van der Waals surface area contributed by atoms with Crippen molar-refractivity contribution in [2.45, 2.75) is 33.3 Å². The van der Waals surface area contributed by atoms with E-state index in [0.717, 1.165) is 6.08 Å². The highest BCUT2D eigenvalue weighted by molar-refractivity contribution is 5.79. The molecule has 0 spiro atoms. The minimum atomic E-state index is -0.996. The van der Waals surface area contributed by atoms with Gasteiger partial charge >= 0.3 is 12.1 Å². The molecule has 0 unspecified atom stereocenters. The van der Waals surface area contributed by atoms with Crippen molar-refractivity contribution < 1.29 is 19.4 Å². The largest absolute Gasteiger partial charge is 0.478 e. The molecular weight excluding hydrogens is 210 g/mol. The lowest BCUT2D eigenvalue weighted by Crippen LogP contribution is -2.34. The van der Waals surface area contributed by atoms with Gasteiger partial charge < -0.3 is 15.2 Å². The lowest BCUT2D eigenvalue weighted by atomic mass is 10.1. The van der Waals surface area contributed by atoms with Crippen LogP contribution >= 0.6 is 0 Å². The first-order valence-corrected chi connectivity index (χ1v) is 5.08. The number of carboxylic acid groups (broad SMARTS) is 1. The summed E-state index contributed by atoms with van der Waals surface area (Å²) in [6.45, 7) is 7.48. The number of hydrogen-bond donors (Lipinski definition) is 2. The van der Waals surface area contributed by atoms with Crippen LogP contribution in [0.3, 0.4) is 0 Å². The van der Waals surface area contributed by atoms with E-state index < -0.39 is 17.7 Å². The van der Waals surface area contributed by atoms with Gasteiger partial charge in [0.25, 0.3) is 0 Å². The fourth-order valence-electron chi connectivity index (χ4n) is 0.873. The quantitative estimate of drug-likeness (QED) is 0.720. The van der Waals surface area contributed by atoms with Crippen molar-refractivity contribution in [2.24, 2.45) is 5.92 Å². The molecule has 1 amide bonds. The maximum atomic E-state index is 11.2. The summed E-state index contributed by atoms with van der Waals surface area (Å²) in [7, 11) is 0. The van der Waals surface area contributed by atoms with Crippen LogP contribution in [0.2, 0.25) is 0 Å². The van der Waals surface area contributed by atoms with Gasteiger partial charge in [-0.15, -0.1) is 0 Å². The van der Waals surface area contributed by atoms with Crippen LogP contribution in [0.1, 0.15) is 27.7 Å². The first kappa shape index (κ1) is 14.5. The Morgan fingerprint density at radius 3 is 2.44 bits per heavy atom. The van der Waals surface area contributed by atoms with Gasteiger partial charge in [-0.1, -0.05) is 13.0 Å². The van der Waals surface area contributed by atoms with Crippen molar-refractivity contribution in [3.8, 4) is 0 Å². The third kappa shape index (κ3) is 9.05. The Hall–Kier alpha value is -1.52. The zero-order valence-corrected chi connectivity index (χ0v) is 10.1. The second-order valence-corrected chi connectivity index (χ2v) is 4.56. The summed E-state index contributed by atoms with van der Waals surface area (Å²) in [5, 5.41) is 11.0. The summed E-state index contributed by atoms with van der Waals surface area (Å²) >= 11 is 0. The lowest BCUT2D eigenvalue weighted by Gasteiger charge is -2.20. The molecule has 0 heterocycles. The molecule has 2 N–H and O–H groups in total. The average molecular weight is 229 g/mol. The van der Waals surface area contributed by atoms with Gasteiger partial charge in [-0.25, -0.2) is 9.59 Å². The minimum Gasteiger partial charge on any atom is -0.478 e. The van der Waals surface area contributed by atoms with Gasteiger partial charge in [0, 0.05) is 12.6 Å². The molecule has 0 fully saturated rings. The smallest absolute Gasteiger partial charge is 0.407 e. The van der Waals surface area contributed by atoms with Gasteiger partial charge in [0.05, 0.1) is 0 Å². The first-order valence-electron chi connectivity index (χ1n) is 5.08. The maximum Gasteiger partial charge on any atom is 0.407 e. The Morgan fingerprint density at radius 2 is 2.00 bits per heavy atom. The number of hydrogen-bond acceptors (Lipinski definition) is 3. The third-order valence-electron chi connectivity index (χ3n) is 1.53. The van der Waals surface area contributed by atoms with Gasteiger partial charge in [0.1, 0.15) is 5.60 Å². The summed E-state index contributed by atoms with van der Waals surface area (Å²) in [6.07, 6.45) is 2.07. The predicted octanol–water partition coefficient (Wildman–Crippen LogP) is 1.79. The van der Waals surface area contributed by atoms with E-state index in [1.807, 2.05) is 0 Å². The van der Waals surface area contributed by atoms with Crippen LogP contribution in [0.4, 0.5) is 4.79 Å². The van der Waals surface area contributed by atoms with Crippen molar-refractivity contribution in [1.82, 2.24) is 5.32 Å². The van der Waals surface area contributed by atoms with E-state index in [9.17, 15) is 9.59 Å². The van der Waals surface area contributed by atoms with Gasteiger partial charge in [-0.3, -0.25) is 0 Å². The van der Waals surface area contributed by atoms with Gasteiger partial charge in [0.15, 0.2) is 0 Å². The second-order valence-electron chi connectivity index (χ2n) is 4.56. The van der Waals surface area contributed by atoms with Crippen molar-refractivity contribution in [3.63, 3.8) is 0 Å². The zero-order chi connectivity index (χ0) is 12.8. The van der Waals surface area contributed by atoms with Crippen LogP contribution < -0.4 is 5.32 Å². The third-order valence-corrected chi connectivity index (χ3v) is 1.53. The fraction of sp³-hybridized carbons (Fsp3) is 0.636. The lowest BCUT2D eigenvalue weighted by molar-refractivity contribution is -0.131. The number of carbonyl (C=O) groups is 2. The van der Waals surface area contributed by atoms with Crippen LogP contribution in [-0.2, 0) is 9.53 Å². The monoisotopic (exact) mass is 229 g/mol. The highest BCUT2D eigenvalue weighted by Crippen LogP contribution is 2.06. The Balaban J connectivity index is 3.88. The first-order chi connectivity index (χ1) is 7.20. The number of carbonyl (C=O) groups excluding carboxylic acids is 1. The van der Waals surface area contributed by atoms with Crippen LogP contribution in [0, 0.1) is 5.92 Å². The summed E-state index contributed by atoms with van der Waals surface area (Å²) in [5.74, 6) is -1.05. The highest BCUT2D eigenvalue weighted by atomic mass is 16.6. The van der Waals surface area contributed by atoms with E-state index in [0.29, 0.717) is 6.54 Å². The zero-order valence-electron chi connectivity index (χ0n) is 10.1. The normalized spacial score (nSPS) is 13.5. The average Bonchev–Trinajstić information content (AvgIpc) is 2.08. The molecule has 5 nitrogen and oxygen atoms in total. The van der Waals surface area contributed by atoms with Crippen molar-refractivity contribution >= 4 is 12.1 Å². The second kappa shape index (κ2) is 6.15. The van der Waals surface area contributed by atoms with Crippen molar-refractivity contribution in [2.75, 3.05) is 6.54 Å². The molecule has 0 aliphatic heterocycles. The molecule has 0 aliphatic carbocycles. The number of aliphatic carboxylic acids is 1. The summed E-state index contributed by atoms with van der Waals surface area (Å²) in [5.41, 5.74) is -0.524. The Labute approximate surface area is 95.5 Å². The number of ether oxygens (including phenoxy) is 1. The molecule has 1 atom stereocenters. The number of nitrogens with one attached hydrogen (secondary N) is 1.